The van der Waals surface area contributed by atoms with Gasteiger partial charge in [-0.25, -0.2) is 0 Å². The van der Waals surface area contributed by atoms with Crippen molar-refractivity contribution >= 4 is 5.91 Å². The number of benzene rings is 1. The molecule has 0 radical (unpaired) electrons. The van der Waals surface area contributed by atoms with Crippen LogP contribution in [0, 0.1) is 12.3 Å². The summed E-state index contributed by atoms with van der Waals surface area (Å²) in [6.45, 7) is 6.13. The summed E-state index contributed by atoms with van der Waals surface area (Å²) < 4.78 is 6.09. The molecule has 1 heterocycles. The fourth-order valence-electron chi connectivity index (χ4n) is 3.32. The van der Waals surface area contributed by atoms with Crippen molar-refractivity contribution in [2.75, 3.05) is 7.05 Å². The van der Waals surface area contributed by atoms with Gasteiger partial charge in [-0.15, -0.1) is 0 Å². The predicted octanol–water partition coefficient (Wildman–Crippen LogP) is 3.10. The standard InChI is InChI=1S/C19H23N3O2/c1-13-10-14(12-20-21-13)18(23)22(4)16-11-17(19(16,2)3)24-15-8-6-5-7-9-15/h5-10,12,16-17H,11H2,1-4H3. The highest BCUT2D eigenvalue weighted by Gasteiger charge is 2.53. The number of nitrogens with zero attached hydrogens (tertiary/aromatic N) is 3. The Kier molecular flexibility index (Phi) is 4.26. The molecule has 0 spiro atoms. The van der Waals surface area contributed by atoms with Crippen molar-refractivity contribution in [1.29, 1.82) is 0 Å². The molecule has 1 saturated carbocycles. The van der Waals surface area contributed by atoms with Gasteiger partial charge in [-0.3, -0.25) is 4.79 Å². The minimum absolute atomic E-state index is 0.0239. The fourth-order valence-corrected chi connectivity index (χ4v) is 3.32. The van der Waals surface area contributed by atoms with Crippen LogP contribution < -0.4 is 4.74 Å². The van der Waals surface area contributed by atoms with Gasteiger partial charge in [-0.05, 0) is 25.1 Å². The molecular formula is C19H23N3O2. The molecule has 126 valence electrons. The van der Waals surface area contributed by atoms with E-state index in [0.29, 0.717) is 5.56 Å². The molecule has 2 aromatic rings. The highest BCUT2D eigenvalue weighted by Crippen LogP contribution is 2.45. The van der Waals surface area contributed by atoms with Gasteiger partial charge in [-0.2, -0.15) is 10.2 Å². The van der Waals surface area contributed by atoms with Crippen molar-refractivity contribution in [3.8, 4) is 5.75 Å². The number of aromatic nitrogens is 2. The fraction of sp³-hybridized carbons (Fsp3) is 0.421. The van der Waals surface area contributed by atoms with Gasteiger partial charge < -0.3 is 9.64 Å². The normalized spacial score (nSPS) is 21.7. The molecule has 0 aliphatic heterocycles. The van der Waals surface area contributed by atoms with E-state index in [1.54, 1.807) is 11.0 Å². The van der Waals surface area contributed by atoms with Crippen LogP contribution in [0.1, 0.15) is 36.3 Å². The average molecular weight is 325 g/mol. The third-order valence-electron chi connectivity index (χ3n) is 4.96. The lowest BCUT2D eigenvalue weighted by molar-refractivity contribution is -0.0886. The van der Waals surface area contributed by atoms with Crippen LogP contribution in [0.2, 0.25) is 0 Å². The van der Waals surface area contributed by atoms with Crippen LogP contribution in [-0.4, -0.2) is 40.2 Å². The first-order chi connectivity index (χ1) is 11.4. The number of hydrogen-bond acceptors (Lipinski definition) is 4. The molecule has 24 heavy (non-hydrogen) atoms. The number of aryl methyl sites for hydroxylation is 1. The molecule has 1 aromatic heterocycles. The van der Waals surface area contributed by atoms with E-state index in [2.05, 4.69) is 24.0 Å². The molecule has 2 atom stereocenters. The second kappa shape index (κ2) is 6.23. The first-order valence-corrected chi connectivity index (χ1v) is 8.18. The van der Waals surface area contributed by atoms with E-state index in [-0.39, 0.29) is 23.5 Å². The molecule has 0 N–H and O–H groups in total. The molecule has 2 unspecified atom stereocenters. The maximum Gasteiger partial charge on any atom is 0.255 e. The minimum atomic E-state index is -0.115. The van der Waals surface area contributed by atoms with Gasteiger partial charge in [0.25, 0.3) is 5.91 Å². The summed E-state index contributed by atoms with van der Waals surface area (Å²) in [5.74, 6) is 0.848. The molecule has 1 amide bonds. The van der Waals surface area contributed by atoms with Crippen LogP contribution in [0.5, 0.6) is 5.75 Å². The smallest absolute Gasteiger partial charge is 0.255 e. The van der Waals surface area contributed by atoms with Gasteiger partial charge >= 0.3 is 0 Å². The molecule has 1 aromatic carbocycles. The van der Waals surface area contributed by atoms with E-state index in [9.17, 15) is 4.79 Å². The number of carbonyl (C=O) groups excluding carboxylic acids is 1. The first-order valence-electron chi connectivity index (χ1n) is 8.18. The number of ether oxygens (including phenoxy) is 1. The van der Waals surface area contributed by atoms with Gasteiger partial charge in [0.15, 0.2) is 0 Å². The summed E-state index contributed by atoms with van der Waals surface area (Å²) in [6, 6.07) is 11.7. The number of carbonyl (C=O) groups is 1. The third kappa shape index (κ3) is 2.98. The Balaban J connectivity index is 1.69. The Morgan fingerprint density at radius 3 is 2.62 bits per heavy atom. The summed E-state index contributed by atoms with van der Waals surface area (Å²) in [6.07, 6.45) is 2.44. The lowest BCUT2D eigenvalue weighted by atomic mass is 9.63. The van der Waals surface area contributed by atoms with Crippen LogP contribution >= 0.6 is 0 Å². The average Bonchev–Trinajstić information content (AvgIpc) is 2.58. The highest BCUT2D eigenvalue weighted by molar-refractivity contribution is 5.94. The van der Waals surface area contributed by atoms with E-state index < -0.39 is 0 Å². The monoisotopic (exact) mass is 325 g/mol. The van der Waals surface area contributed by atoms with Crippen molar-refractivity contribution in [2.45, 2.75) is 39.3 Å². The Morgan fingerprint density at radius 2 is 2.00 bits per heavy atom. The largest absolute Gasteiger partial charge is 0.490 e. The van der Waals surface area contributed by atoms with E-state index in [1.807, 2.05) is 44.3 Å². The van der Waals surface area contributed by atoms with Crippen LogP contribution in [-0.2, 0) is 0 Å². The number of rotatable bonds is 4. The summed E-state index contributed by atoms with van der Waals surface area (Å²) >= 11 is 0. The van der Waals surface area contributed by atoms with E-state index in [1.165, 1.54) is 6.20 Å². The molecular weight excluding hydrogens is 302 g/mol. The highest BCUT2D eigenvalue weighted by atomic mass is 16.5. The summed E-state index contributed by atoms with van der Waals surface area (Å²) in [4.78, 5) is 14.5. The zero-order valence-corrected chi connectivity index (χ0v) is 14.6. The zero-order valence-electron chi connectivity index (χ0n) is 14.6. The van der Waals surface area contributed by atoms with Crippen LogP contribution in [0.4, 0.5) is 0 Å². The SMILES string of the molecule is Cc1cc(C(=O)N(C)C2CC(Oc3ccccc3)C2(C)C)cnn1. The molecule has 3 rings (SSSR count). The lowest BCUT2D eigenvalue weighted by Gasteiger charge is -2.54. The van der Waals surface area contributed by atoms with E-state index in [4.69, 9.17) is 4.74 Å². The molecule has 5 heteroatoms. The zero-order chi connectivity index (χ0) is 17.3. The Morgan fingerprint density at radius 1 is 1.29 bits per heavy atom. The first kappa shape index (κ1) is 16.4. The second-order valence-corrected chi connectivity index (χ2v) is 6.99. The predicted molar refractivity (Wildman–Crippen MR) is 91.9 cm³/mol. The number of para-hydroxylation sites is 1. The maximum absolute atomic E-state index is 12.7. The topological polar surface area (TPSA) is 55.3 Å². The molecule has 0 saturated heterocycles. The van der Waals surface area contributed by atoms with Crippen molar-refractivity contribution in [3.05, 3.63) is 53.9 Å². The second-order valence-electron chi connectivity index (χ2n) is 6.99. The molecule has 0 bridgehead atoms. The quantitative estimate of drug-likeness (QED) is 0.867. The molecule has 1 aliphatic carbocycles. The van der Waals surface area contributed by atoms with Crippen LogP contribution in [0.15, 0.2) is 42.6 Å². The lowest BCUT2D eigenvalue weighted by Crippen LogP contribution is -2.63. The van der Waals surface area contributed by atoms with Gasteiger partial charge in [0.2, 0.25) is 0 Å². The Bertz CT molecular complexity index is 730. The minimum Gasteiger partial charge on any atom is -0.490 e. The Hall–Kier alpha value is -2.43. The summed E-state index contributed by atoms with van der Waals surface area (Å²) in [5.41, 5.74) is 1.20. The number of hydrogen-bond donors (Lipinski definition) is 0. The van der Waals surface area contributed by atoms with E-state index in [0.717, 1.165) is 17.9 Å². The van der Waals surface area contributed by atoms with E-state index >= 15 is 0 Å². The van der Waals surface area contributed by atoms with Gasteiger partial charge in [0.05, 0.1) is 17.5 Å². The third-order valence-corrected chi connectivity index (χ3v) is 4.96. The van der Waals surface area contributed by atoms with Crippen molar-refractivity contribution < 1.29 is 9.53 Å². The summed E-state index contributed by atoms with van der Waals surface area (Å²) in [7, 11) is 1.85. The molecule has 1 fully saturated rings. The van der Waals surface area contributed by atoms with Gasteiger partial charge in [-0.1, -0.05) is 32.0 Å². The van der Waals surface area contributed by atoms with Gasteiger partial charge in [0, 0.05) is 24.9 Å². The van der Waals surface area contributed by atoms with Crippen molar-refractivity contribution in [1.82, 2.24) is 15.1 Å². The molecule has 5 nitrogen and oxygen atoms in total. The molecule has 1 aliphatic rings. The van der Waals surface area contributed by atoms with Crippen LogP contribution in [0.25, 0.3) is 0 Å². The van der Waals surface area contributed by atoms with Crippen LogP contribution in [0.3, 0.4) is 0 Å². The summed E-state index contributed by atoms with van der Waals surface area (Å²) in [5, 5.41) is 7.78. The Labute approximate surface area is 142 Å². The van der Waals surface area contributed by atoms with Crippen molar-refractivity contribution in [3.63, 3.8) is 0 Å². The number of amides is 1. The van der Waals surface area contributed by atoms with Gasteiger partial charge in [0.1, 0.15) is 11.9 Å². The maximum atomic E-state index is 12.7. The van der Waals surface area contributed by atoms with Crippen molar-refractivity contribution in [2.24, 2.45) is 5.41 Å².